The van der Waals surface area contributed by atoms with Gasteiger partial charge in [-0.2, -0.15) is 0 Å². The third-order valence-corrected chi connectivity index (χ3v) is 2.27. The molecule has 15 heavy (non-hydrogen) atoms. The lowest BCUT2D eigenvalue weighted by Gasteiger charge is -2.23. The first kappa shape index (κ1) is 9.70. The molecule has 1 aliphatic rings. The van der Waals surface area contributed by atoms with E-state index in [1.54, 1.807) is 12.4 Å². The van der Waals surface area contributed by atoms with Gasteiger partial charge in [-0.1, -0.05) is 0 Å². The molecule has 0 spiro atoms. The molecule has 1 amide bonds. The van der Waals surface area contributed by atoms with Crippen molar-refractivity contribution in [2.24, 2.45) is 0 Å². The van der Waals surface area contributed by atoms with E-state index in [1.807, 2.05) is 0 Å². The summed E-state index contributed by atoms with van der Waals surface area (Å²) in [5.41, 5.74) is 6.01. The molecule has 1 saturated heterocycles. The van der Waals surface area contributed by atoms with Gasteiger partial charge in [0.25, 0.3) is 0 Å². The zero-order valence-electron chi connectivity index (χ0n) is 8.23. The SMILES string of the molecule is Nc1cnc(NC2CCC(=O)NC2)nc1. The van der Waals surface area contributed by atoms with Crippen LogP contribution in [0.1, 0.15) is 12.8 Å². The number of carbonyl (C=O) groups excluding carboxylic acids is 1. The Balaban J connectivity index is 1.91. The minimum Gasteiger partial charge on any atom is -0.396 e. The molecule has 6 heteroatoms. The third-order valence-electron chi connectivity index (χ3n) is 2.27. The van der Waals surface area contributed by atoms with E-state index in [1.165, 1.54) is 0 Å². The van der Waals surface area contributed by atoms with Crippen molar-refractivity contribution >= 4 is 17.5 Å². The summed E-state index contributed by atoms with van der Waals surface area (Å²) < 4.78 is 0. The summed E-state index contributed by atoms with van der Waals surface area (Å²) in [5.74, 6) is 0.650. The maximum absolute atomic E-state index is 10.9. The van der Waals surface area contributed by atoms with Crippen LogP contribution in [0.15, 0.2) is 12.4 Å². The molecule has 4 N–H and O–H groups in total. The summed E-state index contributed by atoms with van der Waals surface area (Å²) in [4.78, 5) is 19.0. The fourth-order valence-electron chi connectivity index (χ4n) is 1.45. The van der Waals surface area contributed by atoms with Crippen molar-refractivity contribution in [1.82, 2.24) is 15.3 Å². The highest BCUT2D eigenvalue weighted by atomic mass is 16.1. The van der Waals surface area contributed by atoms with E-state index in [9.17, 15) is 4.79 Å². The maximum Gasteiger partial charge on any atom is 0.223 e. The Morgan fingerprint density at radius 2 is 2.20 bits per heavy atom. The number of nitrogens with one attached hydrogen (secondary N) is 2. The number of amides is 1. The smallest absolute Gasteiger partial charge is 0.223 e. The maximum atomic E-state index is 10.9. The van der Waals surface area contributed by atoms with Crippen molar-refractivity contribution in [2.45, 2.75) is 18.9 Å². The fourth-order valence-corrected chi connectivity index (χ4v) is 1.45. The molecule has 80 valence electrons. The molecule has 1 unspecified atom stereocenters. The second-order valence-corrected chi connectivity index (χ2v) is 3.52. The van der Waals surface area contributed by atoms with Gasteiger partial charge in [0, 0.05) is 19.0 Å². The van der Waals surface area contributed by atoms with E-state index in [0.717, 1.165) is 6.42 Å². The second-order valence-electron chi connectivity index (χ2n) is 3.52. The van der Waals surface area contributed by atoms with E-state index in [2.05, 4.69) is 20.6 Å². The highest BCUT2D eigenvalue weighted by molar-refractivity contribution is 5.76. The summed E-state index contributed by atoms with van der Waals surface area (Å²) >= 11 is 0. The highest BCUT2D eigenvalue weighted by Gasteiger charge is 2.17. The predicted molar refractivity (Wildman–Crippen MR) is 56.1 cm³/mol. The van der Waals surface area contributed by atoms with Gasteiger partial charge >= 0.3 is 0 Å². The minimum absolute atomic E-state index is 0.103. The molecular weight excluding hydrogens is 194 g/mol. The average molecular weight is 207 g/mol. The zero-order valence-corrected chi connectivity index (χ0v) is 8.23. The highest BCUT2D eigenvalue weighted by Crippen LogP contribution is 2.08. The Kier molecular flexibility index (Phi) is 2.66. The van der Waals surface area contributed by atoms with Crippen LogP contribution < -0.4 is 16.4 Å². The summed E-state index contributed by atoms with van der Waals surface area (Å²) in [5, 5.41) is 5.92. The van der Waals surface area contributed by atoms with Crippen LogP contribution in [-0.2, 0) is 4.79 Å². The molecule has 0 radical (unpaired) electrons. The van der Waals surface area contributed by atoms with Crippen LogP contribution in [0, 0.1) is 0 Å². The molecule has 6 nitrogen and oxygen atoms in total. The van der Waals surface area contributed by atoms with Crippen LogP contribution in [0.4, 0.5) is 11.6 Å². The van der Waals surface area contributed by atoms with Crippen molar-refractivity contribution in [2.75, 3.05) is 17.6 Å². The normalized spacial score (nSPS) is 20.8. The van der Waals surface area contributed by atoms with Crippen LogP contribution in [0.2, 0.25) is 0 Å². The van der Waals surface area contributed by atoms with E-state index in [-0.39, 0.29) is 11.9 Å². The number of rotatable bonds is 2. The standard InChI is InChI=1S/C9H13N5O/c10-6-3-12-9(13-4-6)14-7-1-2-8(15)11-5-7/h3-4,7H,1-2,5,10H2,(H,11,15)(H,12,13,14). The van der Waals surface area contributed by atoms with Gasteiger partial charge in [0.1, 0.15) is 0 Å². The van der Waals surface area contributed by atoms with Crippen molar-refractivity contribution in [3.05, 3.63) is 12.4 Å². The monoisotopic (exact) mass is 207 g/mol. The largest absolute Gasteiger partial charge is 0.396 e. The van der Waals surface area contributed by atoms with Gasteiger partial charge < -0.3 is 16.4 Å². The summed E-state index contributed by atoms with van der Waals surface area (Å²) in [7, 11) is 0. The zero-order chi connectivity index (χ0) is 10.7. The van der Waals surface area contributed by atoms with Crippen LogP contribution in [0.25, 0.3) is 0 Å². The van der Waals surface area contributed by atoms with Crippen LogP contribution in [-0.4, -0.2) is 28.5 Å². The minimum atomic E-state index is 0.103. The molecule has 1 atom stereocenters. The lowest BCUT2D eigenvalue weighted by Crippen LogP contribution is -2.42. The van der Waals surface area contributed by atoms with Crippen molar-refractivity contribution in [1.29, 1.82) is 0 Å². The van der Waals surface area contributed by atoms with Gasteiger partial charge in [0.15, 0.2) is 0 Å². The van der Waals surface area contributed by atoms with Crippen LogP contribution in [0.3, 0.4) is 0 Å². The third kappa shape index (κ3) is 2.55. The van der Waals surface area contributed by atoms with Gasteiger partial charge in [0.05, 0.1) is 18.1 Å². The van der Waals surface area contributed by atoms with E-state index in [4.69, 9.17) is 5.73 Å². The lowest BCUT2D eigenvalue weighted by atomic mass is 10.1. The second kappa shape index (κ2) is 4.12. The van der Waals surface area contributed by atoms with Gasteiger partial charge in [0.2, 0.25) is 11.9 Å². The summed E-state index contributed by atoms with van der Waals surface area (Å²) in [6.07, 6.45) is 4.46. The molecule has 0 bridgehead atoms. The Labute approximate surface area is 87.3 Å². The molecule has 1 aromatic rings. The lowest BCUT2D eigenvalue weighted by molar-refractivity contribution is -0.122. The molecule has 1 aliphatic heterocycles. The number of anilines is 2. The number of hydrogen-bond donors (Lipinski definition) is 3. The number of hydrogen-bond acceptors (Lipinski definition) is 5. The molecular formula is C9H13N5O. The molecule has 0 aliphatic carbocycles. The van der Waals surface area contributed by atoms with Crippen LogP contribution >= 0.6 is 0 Å². The topological polar surface area (TPSA) is 92.9 Å². The average Bonchev–Trinajstić information content (AvgIpc) is 2.25. The number of piperidine rings is 1. The Hall–Kier alpha value is -1.85. The summed E-state index contributed by atoms with van der Waals surface area (Å²) in [6.45, 7) is 0.618. The van der Waals surface area contributed by atoms with Crippen molar-refractivity contribution in [3.8, 4) is 0 Å². The van der Waals surface area contributed by atoms with Crippen molar-refractivity contribution in [3.63, 3.8) is 0 Å². The fraction of sp³-hybridized carbons (Fsp3) is 0.444. The first-order valence-corrected chi connectivity index (χ1v) is 4.85. The van der Waals surface area contributed by atoms with Crippen molar-refractivity contribution < 1.29 is 4.79 Å². The number of nitrogens with two attached hydrogens (primary N) is 1. The van der Waals surface area contributed by atoms with E-state index in [0.29, 0.717) is 24.6 Å². The molecule has 1 aromatic heterocycles. The van der Waals surface area contributed by atoms with E-state index < -0.39 is 0 Å². The molecule has 1 fully saturated rings. The Bertz CT molecular complexity index is 340. The number of carbonyl (C=O) groups is 1. The number of nitrogen functional groups attached to an aromatic ring is 1. The van der Waals surface area contributed by atoms with Gasteiger partial charge in [-0.15, -0.1) is 0 Å². The molecule has 0 saturated carbocycles. The predicted octanol–water partition coefficient (Wildman–Crippen LogP) is -0.251. The van der Waals surface area contributed by atoms with Gasteiger partial charge in [-0.3, -0.25) is 4.79 Å². The quantitative estimate of drug-likeness (QED) is 0.621. The van der Waals surface area contributed by atoms with E-state index >= 15 is 0 Å². The molecule has 0 aromatic carbocycles. The van der Waals surface area contributed by atoms with Crippen LogP contribution in [0.5, 0.6) is 0 Å². The molecule has 2 rings (SSSR count). The first-order valence-electron chi connectivity index (χ1n) is 4.85. The Morgan fingerprint density at radius 3 is 2.80 bits per heavy atom. The first-order chi connectivity index (χ1) is 7.24. The van der Waals surface area contributed by atoms with Gasteiger partial charge in [-0.25, -0.2) is 9.97 Å². The molecule has 2 heterocycles. The Morgan fingerprint density at radius 1 is 1.47 bits per heavy atom. The number of aromatic nitrogens is 2. The van der Waals surface area contributed by atoms with Gasteiger partial charge in [-0.05, 0) is 6.42 Å². The summed E-state index contributed by atoms with van der Waals surface area (Å²) in [6, 6.07) is 0.200. The number of nitrogens with zero attached hydrogens (tertiary/aromatic N) is 2.